The molecule has 0 atom stereocenters. The van der Waals surface area contributed by atoms with Gasteiger partial charge >= 0.3 is 6.02 Å². The van der Waals surface area contributed by atoms with Gasteiger partial charge in [-0.1, -0.05) is 0 Å². The van der Waals surface area contributed by atoms with E-state index in [1.54, 1.807) is 44.4 Å². The fourth-order valence-electron chi connectivity index (χ4n) is 0.997. The molecule has 0 radical (unpaired) electrons. The van der Waals surface area contributed by atoms with Gasteiger partial charge in [0.15, 0.2) is 5.82 Å². The van der Waals surface area contributed by atoms with Crippen molar-refractivity contribution in [3.63, 3.8) is 0 Å². The maximum atomic E-state index is 6.95. The normalized spacial score (nSPS) is 10.8. The van der Waals surface area contributed by atoms with Crippen LogP contribution >= 0.6 is 0 Å². The van der Waals surface area contributed by atoms with Crippen molar-refractivity contribution in [2.75, 3.05) is 26.6 Å². The van der Waals surface area contributed by atoms with Gasteiger partial charge in [0.1, 0.15) is 5.69 Å². The second-order valence-electron chi connectivity index (χ2n) is 3.09. The van der Waals surface area contributed by atoms with Gasteiger partial charge in [0.2, 0.25) is 0 Å². The lowest BCUT2D eigenvalue weighted by Crippen LogP contribution is -2.27. The summed E-state index contributed by atoms with van der Waals surface area (Å²) >= 11 is 0. The lowest BCUT2D eigenvalue weighted by molar-refractivity contribution is 0.322. The second-order valence-corrected chi connectivity index (χ2v) is 3.09. The first kappa shape index (κ1) is 11.9. The summed E-state index contributed by atoms with van der Waals surface area (Å²) in [6.45, 7) is 0. The molecule has 7 heteroatoms. The van der Waals surface area contributed by atoms with E-state index in [1.165, 1.54) is 0 Å². The molecule has 0 aliphatic rings. The van der Waals surface area contributed by atoms with E-state index >= 15 is 0 Å². The Kier molecular flexibility index (Phi) is 4.19. The van der Waals surface area contributed by atoms with Crippen molar-refractivity contribution in [1.29, 1.82) is 5.53 Å². The SMILES string of the molecule is CN=C(ONc1ncccc1N=N)N(C)C. The van der Waals surface area contributed by atoms with Crippen molar-refractivity contribution < 1.29 is 4.84 Å². The highest BCUT2D eigenvalue weighted by atomic mass is 16.7. The molecule has 1 rings (SSSR count). The molecular formula is C9H14N6O. The first-order valence-corrected chi connectivity index (χ1v) is 4.58. The molecule has 0 fully saturated rings. The Morgan fingerprint density at radius 3 is 2.88 bits per heavy atom. The summed E-state index contributed by atoms with van der Waals surface area (Å²) in [7, 11) is 5.22. The van der Waals surface area contributed by atoms with Crippen LogP contribution < -0.4 is 5.48 Å². The highest BCUT2D eigenvalue weighted by molar-refractivity contribution is 5.74. The molecule has 0 saturated heterocycles. The van der Waals surface area contributed by atoms with Gasteiger partial charge in [-0.25, -0.2) is 15.5 Å². The average Bonchev–Trinajstić information content (AvgIpc) is 2.30. The predicted molar refractivity (Wildman–Crippen MR) is 60.8 cm³/mol. The quantitative estimate of drug-likeness (QED) is 0.352. The number of amidine groups is 1. The van der Waals surface area contributed by atoms with Crippen LogP contribution in [-0.2, 0) is 4.84 Å². The molecule has 7 nitrogen and oxygen atoms in total. The number of aromatic nitrogens is 1. The molecule has 1 aromatic rings. The topological polar surface area (TPSA) is 86.0 Å². The first-order valence-electron chi connectivity index (χ1n) is 4.58. The summed E-state index contributed by atoms with van der Waals surface area (Å²) in [5.74, 6) is 0.375. The Hall–Kier alpha value is -2.18. The number of aliphatic imine (C=N–C) groups is 1. The van der Waals surface area contributed by atoms with E-state index in [1.807, 2.05) is 0 Å². The minimum atomic E-state index is 0.375. The van der Waals surface area contributed by atoms with Gasteiger partial charge in [0.25, 0.3) is 0 Å². The van der Waals surface area contributed by atoms with Crippen LogP contribution in [-0.4, -0.2) is 37.0 Å². The minimum Gasteiger partial charge on any atom is -0.341 e. The molecule has 86 valence electrons. The Labute approximate surface area is 93.6 Å². The molecule has 16 heavy (non-hydrogen) atoms. The van der Waals surface area contributed by atoms with Gasteiger partial charge in [0.05, 0.1) is 0 Å². The molecule has 1 aromatic heterocycles. The maximum Gasteiger partial charge on any atom is 0.313 e. The summed E-state index contributed by atoms with van der Waals surface area (Å²) < 4.78 is 0. The zero-order valence-corrected chi connectivity index (χ0v) is 9.43. The van der Waals surface area contributed by atoms with E-state index in [0.717, 1.165) is 0 Å². The highest BCUT2D eigenvalue weighted by Gasteiger charge is 2.05. The summed E-state index contributed by atoms with van der Waals surface area (Å²) in [5.41, 5.74) is 9.95. The average molecular weight is 222 g/mol. The molecular weight excluding hydrogens is 208 g/mol. The molecule has 0 saturated carbocycles. The molecule has 0 amide bonds. The van der Waals surface area contributed by atoms with Gasteiger partial charge in [-0.15, -0.1) is 0 Å². The monoisotopic (exact) mass is 222 g/mol. The number of hydrogen-bond donors (Lipinski definition) is 2. The molecule has 0 aromatic carbocycles. The van der Waals surface area contributed by atoms with E-state index in [4.69, 9.17) is 10.4 Å². The van der Waals surface area contributed by atoms with Gasteiger partial charge in [0, 0.05) is 27.3 Å². The molecule has 0 spiro atoms. The Morgan fingerprint density at radius 2 is 2.31 bits per heavy atom. The summed E-state index contributed by atoms with van der Waals surface area (Å²) in [5, 5.41) is 3.31. The van der Waals surface area contributed by atoms with E-state index < -0.39 is 0 Å². The van der Waals surface area contributed by atoms with Gasteiger partial charge in [-0.3, -0.25) is 0 Å². The number of anilines is 1. The molecule has 1 heterocycles. The van der Waals surface area contributed by atoms with Crippen molar-refractivity contribution >= 4 is 17.5 Å². The van der Waals surface area contributed by atoms with Crippen LogP contribution in [0.4, 0.5) is 11.5 Å². The number of nitrogens with zero attached hydrogens (tertiary/aromatic N) is 4. The Balaban J connectivity index is 2.71. The van der Waals surface area contributed by atoms with Crippen LogP contribution in [0.25, 0.3) is 0 Å². The van der Waals surface area contributed by atoms with E-state index in [-0.39, 0.29) is 0 Å². The van der Waals surface area contributed by atoms with Crippen molar-refractivity contribution in [3.05, 3.63) is 18.3 Å². The van der Waals surface area contributed by atoms with Crippen molar-refractivity contribution in [3.8, 4) is 0 Å². The second kappa shape index (κ2) is 5.64. The third-order valence-electron chi connectivity index (χ3n) is 1.72. The van der Waals surface area contributed by atoms with E-state index in [0.29, 0.717) is 17.5 Å². The van der Waals surface area contributed by atoms with E-state index in [9.17, 15) is 0 Å². The highest BCUT2D eigenvalue weighted by Crippen LogP contribution is 2.20. The van der Waals surface area contributed by atoms with E-state index in [2.05, 4.69) is 20.6 Å². The molecule has 0 aliphatic carbocycles. The van der Waals surface area contributed by atoms with Crippen LogP contribution in [0.5, 0.6) is 0 Å². The lowest BCUT2D eigenvalue weighted by atomic mass is 10.4. The number of hydrogen-bond acceptors (Lipinski definition) is 6. The maximum absolute atomic E-state index is 6.95. The van der Waals surface area contributed by atoms with Crippen LogP contribution in [0.3, 0.4) is 0 Å². The summed E-state index contributed by atoms with van der Waals surface area (Å²) in [6.07, 6.45) is 1.58. The number of pyridine rings is 1. The Bertz CT molecular complexity index is 389. The summed E-state index contributed by atoms with van der Waals surface area (Å²) in [6, 6.07) is 3.75. The van der Waals surface area contributed by atoms with Crippen molar-refractivity contribution in [1.82, 2.24) is 9.88 Å². The van der Waals surface area contributed by atoms with Gasteiger partial charge < -0.3 is 9.74 Å². The largest absolute Gasteiger partial charge is 0.341 e. The fourth-order valence-corrected chi connectivity index (χ4v) is 0.997. The molecule has 2 N–H and O–H groups in total. The summed E-state index contributed by atoms with van der Waals surface area (Å²) in [4.78, 5) is 14.8. The minimum absolute atomic E-state index is 0.375. The number of rotatable bonds is 3. The lowest BCUT2D eigenvalue weighted by Gasteiger charge is -2.15. The van der Waals surface area contributed by atoms with Crippen LogP contribution in [0.15, 0.2) is 28.4 Å². The Morgan fingerprint density at radius 1 is 1.56 bits per heavy atom. The van der Waals surface area contributed by atoms with Crippen LogP contribution in [0.1, 0.15) is 0 Å². The smallest absolute Gasteiger partial charge is 0.313 e. The standard InChI is InChI=1S/C9H14N6O/c1-11-9(15(2)3)16-14-8-7(13-10)5-4-6-12-8/h4-6,10H,1-3H3,(H,12,14). The van der Waals surface area contributed by atoms with Crippen molar-refractivity contribution in [2.45, 2.75) is 0 Å². The van der Waals surface area contributed by atoms with Gasteiger partial charge in [-0.05, 0) is 12.1 Å². The zero-order chi connectivity index (χ0) is 12.0. The third kappa shape index (κ3) is 2.91. The molecule has 0 unspecified atom stereocenters. The third-order valence-corrected chi connectivity index (χ3v) is 1.72. The van der Waals surface area contributed by atoms with Gasteiger partial charge in [-0.2, -0.15) is 10.6 Å². The first-order chi connectivity index (χ1) is 7.69. The number of nitrogens with one attached hydrogen (secondary N) is 2. The molecule has 0 bridgehead atoms. The van der Waals surface area contributed by atoms with Crippen molar-refractivity contribution in [2.24, 2.45) is 10.1 Å². The molecule has 0 aliphatic heterocycles. The van der Waals surface area contributed by atoms with Crippen LogP contribution in [0, 0.1) is 5.53 Å². The predicted octanol–water partition coefficient (Wildman–Crippen LogP) is 1.63. The fraction of sp³-hybridized carbons (Fsp3) is 0.333. The van der Waals surface area contributed by atoms with Crippen LogP contribution in [0.2, 0.25) is 0 Å². The zero-order valence-electron chi connectivity index (χ0n) is 9.43.